The van der Waals surface area contributed by atoms with Crippen LogP contribution in [0.2, 0.25) is 5.02 Å². The average Bonchev–Trinajstić information content (AvgIpc) is 3.15. The van der Waals surface area contributed by atoms with E-state index in [9.17, 15) is 4.79 Å². The fourth-order valence-corrected chi connectivity index (χ4v) is 3.87. The minimum atomic E-state index is -0.210. The summed E-state index contributed by atoms with van der Waals surface area (Å²) in [5.41, 5.74) is 0.778. The van der Waals surface area contributed by atoms with Crippen molar-refractivity contribution in [3.8, 4) is 11.5 Å². The number of fused-ring (bicyclic) bond motifs is 1. The molecule has 1 saturated carbocycles. The van der Waals surface area contributed by atoms with Crippen LogP contribution in [0, 0.1) is 0 Å². The minimum Gasteiger partial charge on any atom is -0.486 e. The normalized spacial score (nSPS) is 17.2. The van der Waals surface area contributed by atoms with Crippen molar-refractivity contribution in [2.24, 2.45) is 0 Å². The Morgan fingerprint density at radius 3 is 2.89 bits per heavy atom. The Morgan fingerprint density at radius 1 is 1.22 bits per heavy atom. The van der Waals surface area contributed by atoms with Gasteiger partial charge in [-0.25, -0.2) is 4.68 Å². The number of carbonyl (C=O) groups excluding carboxylic acids is 1. The quantitative estimate of drug-likeness (QED) is 0.786. The second kappa shape index (κ2) is 8.05. The number of hydrogen-bond donors (Lipinski definition) is 1. The van der Waals surface area contributed by atoms with E-state index < -0.39 is 0 Å². The predicted octanol–water partition coefficient (Wildman–Crippen LogP) is 4.46. The van der Waals surface area contributed by atoms with Crippen LogP contribution in [0.5, 0.6) is 11.5 Å². The molecule has 0 bridgehead atoms. The molecular weight excluding hydrogens is 366 g/mol. The first-order valence-electron chi connectivity index (χ1n) is 9.32. The molecule has 0 spiro atoms. The topological polar surface area (TPSA) is 65.4 Å². The number of nitrogens with zero attached hydrogens (tertiary/aromatic N) is 2. The highest BCUT2D eigenvalue weighted by Gasteiger charge is 2.19. The number of carbonyl (C=O) groups is 1. The van der Waals surface area contributed by atoms with Gasteiger partial charge in [-0.1, -0.05) is 30.9 Å². The smallest absolute Gasteiger partial charge is 0.249 e. The zero-order valence-corrected chi connectivity index (χ0v) is 15.7. The summed E-state index contributed by atoms with van der Waals surface area (Å²) >= 11 is 6.23. The highest BCUT2D eigenvalue weighted by atomic mass is 35.5. The number of nitrogens with one attached hydrogen (secondary N) is 1. The maximum Gasteiger partial charge on any atom is 0.249 e. The van der Waals surface area contributed by atoms with Gasteiger partial charge in [-0.3, -0.25) is 4.79 Å². The molecule has 6 nitrogen and oxygen atoms in total. The molecule has 2 aliphatic rings. The third-order valence-electron chi connectivity index (χ3n) is 4.89. The lowest BCUT2D eigenvalue weighted by Crippen LogP contribution is -2.19. The molecule has 1 N–H and O–H groups in total. The van der Waals surface area contributed by atoms with Gasteiger partial charge in [0.2, 0.25) is 5.91 Å². The van der Waals surface area contributed by atoms with Gasteiger partial charge in [0.05, 0.1) is 17.3 Å². The molecular formula is C20H22ClN3O3. The third-order valence-corrected chi connectivity index (χ3v) is 5.17. The largest absolute Gasteiger partial charge is 0.486 e. The summed E-state index contributed by atoms with van der Waals surface area (Å²) < 4.78 is 13.0. The first-order chi connectivity index (χ1) is 13.2. The van der Waals surface area contributed by atoms with Crippen molar-refractivity contribution in [3.63, 3.8) is 0 Å². The second-order valence-corrected chi connectivity index (χ2v) is 7.21. The van der Waals surface area contributed by atoms with Gasteiger partial charge in [0.25, 0.3) is 0 Å². The molecule has 7 heteroatoms. The van der Waals surface area contributed by atoms with Crippen LogP contribution in [-0.2, 0) is 4.79 Å². The summed E-state index contributed by atoms with van der Waals surface area (Å²) in [6.07, 6.45) is 10.8. The average molecular weight is 388 g/mol. The van der Waals surface area contributed by atoms with Crippen molar-refractivity contribution < 1.29 is 14.3 Å². The number of halogens is 1. The Bertz CT molecular complexity index is 856. The van der Waals surface area contributed by atoms with E-state index in [0.29, 0.717) is 35.8 Å². The molecule has 1 aromatic carbocycles. The van der Waals surface area contributed by atoms with Crippen molar-refractivity contribution in [2.45, 2.75) is 38.1 Å². The minimum absolute atomic E-state index is 0.210. The zero-order chi connectivity index (χ0) is 18.6. The number of aromatic nitrogens is 2. The van der Waals surface area contributed by atoms with Crippen LogP contribution in [0.25, 0.3) is 6.08 Å². The van der Waals surface area contributed by atoms with Crippen LogP contribution in [-0.4, -0.2) is 28.9 Å². The number of rotatable bonds is 4. The van der Waals surface area contributed by atoms with Gasteiger partial charge < -0.3 is 14.8 Å². The highest BCUT2D eigenvalue weighted by Crippen LogP contribution is 2.38. The summed E-state index contributed by atoms with van der Waals surface area (Å²) in [5.74, 6) is 1.68. The molecule has 0 unspecified atom stereocenters. The van der Waals surface area contributed by atoms with Gasteiger partial charge in [-0.2, -0.15) is 5.10 Å². The molecule has 1 aromatic heterocycles. The first-order valence-corrected chi connectivity index (χ1v) is 9.70. The van der Waals surface area contributed by atoms with Gasteiger partial charge in [0.1, 0.15) is 19.0 Å². The van der Waals surface area contributed by atoms with Gasteiger partial charge in [-0.05, 0) is 36.6 Å². The van der Waals surface area contributed by atoms with E-state index in [1.54, 1.807) is 18.3 Å². The van der Waals surface area contributed by atoms with Crippen molar-refractivity contribution in [1.82, 2.24) is 9.78 Å². The maximum atomic E-state index is 12.4. The summed E-state index contributed by atoms with van der Waals surface area (Å²) in [6, 6.07) is 5.77. The molecule has 27 heavy (non-hydrogen) atoms. The van der Waals surface area contributed by atoms with Crippen LogP contribution in [0.1, 0.15) is 43.7 Å². The summed E-state index contributed by atoms with van der Waals surface area (Å²) in [6.45, 7) is 0.973. The molecule has 2 heterocycles. The van der Waals surface area contributed by atoms with Crippen LogP contribution in [0.3, 0.4) is 0 Å². The van der Waals surface area contributed by atoms with Crippen LogP contribution in [0.4, 0.5) is 5.82 Å². The molecule has 0 radical (unpaired) electrons. The van der Waals surface area contributed by atoms with Gasteiger partial charge in [-0.15, -0.1) is 0 Å². The standard InChI is InChI=1S/C20H22ClN3O3/c21-16-12-14(13-17-20(16)27-11-10-26-17)6-7-19(25)23-18-8-9-22-24(18)15-4-2-1-3-5-15/h6-9,12-13,15H,1-5,10-11H2,(H,23,25)/b7-6+. The fraction of sp³-hybridized carbons (Fsp3) is 0.400. The SMILES string of the molecule is O=C(/C=C/c1cc(Cl)c2c(c1)OCCO2)Nc1ccnn1C1CCCCC1. The lowest BCUT2D eigenvalue weighted by Gasteiger charge is -2.23. The highest BCUT2D eigenvalue weighted by molar-refractivity contribution is 6.32. The van der Waals surface area contributed by atoms with E-state index >= 15 is 0 Å². The van der Waals surface area contributed by atoms with Crippen molar-refractivity contribution in [1.29, 1.82) is 0 Å². The van der Waals surface area contributed by atoms with E-state index in [2.05, 4.69) is 10.4 Å². The summed E-state index contributed by atoms with van der Waals surface area (Å²) in [4.78, 5) is 12.4. The molecule has 1 amide bonds. The van der Waals surface area contributed by atoms with Crippen LogP contribution >= 0.6 is 11.6 Å². The number of anilines is 1. The molecule has 142 valence electrons. The monoisotopic (exact) mass is 387 g/mol. The maximum absolute atomic E-state index is 12.4. The molecule has 4 rings (SSSR count). The van der Waals surface area contributed by atoms with Crippen LogP contribution in [0.15, 0.2) is 30.5 Å². The van der Waals surface area contributed by atoms with E-state index in [4.69, 9.17) is 21.1 Å². The third kappa shape index (κ3) is 4.11. The van der Waals surface area contributed by atoms with Crippen molar-refractivity contribution in [3.05, 3.63) is 41.1 Å². The Labute approximate surface area is 163 Å². The van der Waals surface area contributed by atoms with E-state index in [-0.39, 0.29) is 5.91 Å². The van der Waals surface area contributed by atoms with Gasteiger partial charge in [0.15, 0.2) is 11.5 Å². The predicted molar refractivity (Wildman–Crippen MR) is 104 cm³/mol. The molecule has 0 atom stereocenters. The molecule has 2 aromatic rings. The molecule has 1 aliphatic heterocycles. The number of amides is 1. The number of hydrogen-bond acceptors (Lipinski definition) is 4. The van der Waals surface area contributed by atoms with E-state index in [1.807, 2.05) is 16.8 Å². The van der Waals surface area contributed by atoms with Crippen molar-refractivity contribution >= 4 is 29.4 Å². The fourth-order valence-electron chi connectivity index (χ4n) is 3.60. The van der Waals surface area contributed by atoms with Crippen molar-refractivity contribution in [2.75, 3.05) is 18.5 Å². The Kier molecular flexibility index (Phi) is 5.34. The van der Waals surface area contributed by atoms with E-state index in [0.717, 1.165) is 24.2 Å². The number of benzene rings is 1. The lowest BCUT2D eigenvalue weighted by molar-refractivity contribution is -0.111. The Morgan fingerprint density at radius 2 is 2.04 bits per heavy atom. The summed E-state index contributed by atoms with van der Waals surface area (Å²) in [5, 5.41) is 7.80. The zero-order valence-electron chi connectivity index (χ0n) is 15.0. The molecule has 0 saturated heterocycles. The summed E-state index contributed by atoms with van der Waals surface area (Å²) in [7, 11) is 0. The Balaban J connectivity index is 1.44. The second-order valence-electron chi connectivity index (χ2n) is 6.80. The van der Waals surface area contributed by atoms with Crippen LogP contribution < -0.4 is 14.8 Å². The molecule has 1 fully saturated rings. The Hall–Kier alpha value is -2.47. The van der Waals surface area contributed by atoms with Gasteiger partial charge >= 0.3 is 0 Å². The van der Waals surface area contributed by atoms with E-state index in [1.165, 1.54) is 25.3 Å². The van der Waals surface area contributed by atoms with Gasteiger partial charge in [0, 0.05) is 12.1 Å². The molecule has 1 aliphatic carbocycles. The number of ether oxygens (including phenoxy) is 2. The first kappa shape index (κ1) is 17.9. The lowest BCUT2D eigenvalue weighted by atomic mass is 9.96.